The summed E-state index contributed by atoms with van der Waals surface area (Å²) in [6.07, 6.45) is 0.441. The van der Waals surface area contributed by atoms with Gasteiger partial charge in [0.25, 0.3) is 0 Å². The zero-order chi connectivity index (χ0) is 18.6. The van der Waals surface area contributed by atoms with Gasteiger partial charge in [-0.15, -0.1) is 0 Å². The zero-order valence-electron chi connectivity index (χ0n) is 14.8. The molecule has 0 aromatic heterocycles. The summed E-state index contributed by atoms with van der Waals surface area (Å²) in [5, 5.41) is 0. The lowest BCUT2D eigenvalue weighted by atomic mass is 10.2. The lowest BCUT2D eigenvalue weighted by molar-refractivity contribution is -0.132. The predicted molar refractivity (Wildman–Crippen MR) is 95.5 cm³/mol. The highest BCUT2D eigenvalue weighted by molar-refractivity contribution is 7.91. The van der Waals surface area contributed by atoms with Crippen LogP contribution < -0.4 is 9.64 Å². The van der Waals surface area contributed by atoms with Crippen molar-refractivity contribution in [3.8, 4) is 5.75 Å². The fourth-order valence-corrected chi connectivity index (χ4v) is 4.84. The molecule has 1 aliphatic rings. The minimum atomic E-state index is -3.09. The monoisotopic (exact) mass is 368 g/mol. The van der Waals surface area contributed by atoms with Crippen molar-refractivity contribution in [3.05, 3.63) is 24.3 Å². The molecule has 0 saturated carbocycles. The Kier molecular flexibility index (Phi) is 6.05. The molecule has 1 atom stereocenters. The standard InChI is InChI=1S/C17H24N2O5S/c1-4-18(14-9-10-25(22,23)12-14)17(21)11-19(13(2)20)15-7-5-6-8-16(15)24-3/h5-8,14H,4,9-12H2,1-3H3. The summed E-state index contributed by atoms with van der Waals surface area (Å²) in [7, 11) is -1.59. The molecular weight excluding hydrogens is 344 g/mol. The van der Waals surface area contributed by atoms with Gasteiger partial charge in [-0.25, -0.2) is 8.42 Å². The Morgan fingerprint density at radius 2 is 1.96 bits per heavy atom. The number of carbonyl (C=O) groups excluding carboxylic acids is 2. The van der Waals surface area contributed by atoms with Gasteiger partial charge in [0.05, 0.1) is 24.3 Å². The van der Waals surface area contributed by atoms with Crippen molar-refractivity contribution in [1.29, 1.82) is 0 Å². The van der Waals surface area contributed by atoms with Crippen molar-refractivity contribution in [3.63, 3.8) is 0 Å². The fraction of sp³-hybridized carbons (Fsp3) is 0.529. The van der Waals surface area contributed by atoms with Gasteiger partial charge >= 0.3 is 0 Å². The molecule has 0 N–H and O–H groups in total. The summed E-state index contributed by atoms with van der Waals surface area (Å²) in [5.41, 5.74) is 0.515. The molecule has 1 aliphatic heterocycles. The van der Waals surface area contributed by atoms with E-state index in [0.29, 0.717) is 24.4 Å². The normalized spacial score (nSPS) is 18.6. The maximum absolute atomic E-state index is 12.8. The minimum absolute atomic E-state index is 0.0126. The Morgan fingerprint density at radius 1 is 1.28 bits per heavy atom. The van der Waals surface area contributed by atoms with Crippen molar-refractivity contribution in [2.24, 2.45) is 0 Å². The third-order valence-corrected chi connectivity index (χ3v) is 6.11. The van der Waals surface area contributed by atoms with Crippen LogP contribution in [-0.4, -0.2) is 62.9 Å². The largest absolute Gasteiger partial charge is 0.495 e. The number of sulfone groups is 1. The maximum Gasteiger partial charge on any atom is 0.242 e. The van der Waals surface area contributed by atoms with Gasteiger partial charge < -0.3 is 9.64 Å². The van der Waals surface area contributed by atoms with E-state index in [0.717, 1.165) is 0 Å². The summed E-state index contributed by atoms with van der Waals surface area (Å²) < 4.78 is 28.7. The zero-order valence-corrected chi connectivity index (χ0v) is 15.6. The molecule has 0 radical (unpaired) electrons. The van der Waals surface area contributed by atoms with Gasteiger partial charge in [-0.2, -0.15) is 0 Å². The van der Waals surface area contributed by atoms with E-state index in [4.69, 9.17) is 4.74 Å². The number of hydrogen-bond donors (Lipinski definition) is 0. The van der Waals surface area contributed by atoms with E-state index in [-0.39, 0.29) is 35.9 Å². The molecule has 1 unspecified atom stereocenters. The second-order valence-electron chi connectivity index (χ2n) is 6.01. The fourth-order valence-electron chi connectivity index (χ4n) is 3.10. The summed E-state index contributed by atoms with van der Waals surface area (Å²) in [6.45, 7) is 3.44. The summed E-state index contributed by atoms with van der Waals surface area (Å²) >= 11 is 0. The Balaban J connectivity index is 2.21. The average molecular weight is 368 g/mol. The third-order valence-electron chi connectivity index (χ3n) is 4.36. The van der Waals surface area contributed by atoms with Crippen LogP contribution >= 0.6 is 0 Å². The van der Waals surface area contributed by atoms with E-state index >= 15 is 0 Å². The second-order valence-corrected chi connectivity index (χ2v) is 8.24. The molecule has 1 heterocycles. The van der Waals surface area contributed by atoms with Crippen LogP contribution in [0.4, 0.5) is 5.69 Å². The highest BCUT2D eigenvalue weighted by Gasteiger charge is 2.34. The number of carbonyl (C=O) groups is 2. The number of anilines is 1. The number of nitrogens with zero attached hydrogens (tertiary/aromatic N) is 2. The predicted octanol–water partition coefficient (Wildman–Crippen LogP) is 1.08. The number of methoxy groups -OCH3 is 1. The first kappa shape index (κ1) is 19.2. The van der Waals surface area contributed by atoms with Gasteiger partial charge in [0, 0.05) is 19.5 Å². The van der Waals surface area contributed by atoms with E-state index in [2.05, 4.69) is 0 Å². The molecule has 7 nitrogen and oxygen atoms in total. The van der Waals surface area contributed by atoms with E-state index in [1.807, 2.05) is 6.92 Å². The second kappa shape index (κ2) is 7.86. The van der Waals surface area contributed by atoms with Crippen LogP contribution in [0.25, 0.3) is 0 Å². The molecular formula is C17H24N2O5S. The Bertz CT molecular complexity index is 747. The quantitative estimate of drug-likeness (QED) is 0.750. The highest BCUT2D eigenvalue weighted by Crippen LogP contribution is 2.28. The summed E-state index contributed by atoms with van der Waals surface area (Å²) in [5.74, 6) is 0.0294. The van der Waals surface area contributed by atoms with Gasteiger partial charge in [0.15, 0.2) is 9.84 Å². The molecule has 1 fully saturated rings. The number of hydrogen-bond acceptors (Lipinski definition) is 5. The van der Waals surface area contributed by atoms with E-state index in [9.17, 15) is 18.0 Å². The van der Waals surface area contributed by atoms with Crippen molar-refractivity contribution in [2.75, 3.05) is 36.6 Å². The minimum Gasteiger partial charge on any atom is -0.495 e. The van der Waals surface area contributed by atoms with Gasteiger partial charge in [0.2, 0.25) is 11.8 Å². The molecule has 1 aromatic carbocycles. The van der Waals surface area contributed by atoms with Gasteiger partial charge in [-0.1, -0.05) is 12.1 Å². The maximum atomic E-state index is 12.8. The first-order chi connectivity index (χ1) is 11.8. The topological polar surface area (TPSA) is 84.0 Å². The van der Waals surface area contributed by atoms with Crippen molar-refractivity contribution >= 4 is 27.3 Å². The van der Waals surface area contributed by atoms with Gasteiger partial charge in [0.1, 0.15) is 12.3 Å². The molecule has 1 saturated heterocycles. The lowest BCUT2D eigenvalue weighted by Crippen LogP contribution is -2.47. The van der Waals surface area contributed by atoms with Crippen LogP contribution in [0.2, 0.25) is 0 Å². The number of rotatable bonds is 6. The molecule has 1 aromatic rings. The summed E-state index contributed by atoms with van der Waals surface area (Å²) in [4.78, 5) is 27.7. The van der Waals surface area contributed by atoms with E-state index in [1.165, 1.54) is 18.9 Å². The first-order valence-electron chi connectivity index (χ1n) is 8.20. The van der Waals surface area contributed by atoms with Crippen LogP contribution in [0.15, 0.2) is 24.3 Å². The molecule has 0 spiro atoms. The van der Waals surface area contributed by atoms with Crippen molar-refractivity contribution < 1.29 is 22.7 Å². The van der Waals surface area contributed by atoms with Crippen molar-refractivity contribution in [2.45, 2.75) is 26.3 Å². The molecule has 2 amide bonds. The van der Waals surface area contributed by atoms with Crippen LogP contribution in [0.1, 0.15) is 20.3 Å². The molecule has 0 aliphatic carbocycles. The average Bonchev–Trinajstić information content (AvgIpc) is 2.92. The molecule has 8 heteroatoms. The summed E-state index contributed by atoms with van der Waals surface area (Å²) in [6, 6.07) is 6.65. The van der Waals surface area contributed by atoms with Crippen LogP contribution in [-0.2, 0) is 19.4 Å². The Labute approximate surface area is 148 Å². The number of para-hydroxylation sites is 2. The number of likely N-dealkylation sites (N-methyl/N-ethyl adjacent to an activating group) is 1. The van der Waals surface area contributed by atoms with E-state index < -0.39 is 9.84 Å². The molecule has 2 rings (SSSR count). The number of amides is 2. The number of ether oxygens (including phenoxy) is 1. The first-order valence-corrected chi connectivity index (χ1v) is 10.0. The Morgan fingerprint density at radius 3 is 2.48 bits per heavy atom. The third kappa shape index (κ3) is 4.50. The van der Waals surface area contributed by atoms with E-state index in [1.54, 1.807) is 29.2 Å². The van der Waals surface area contributed by atoms with Crippen LogP contribution in [0, 0.1) is 0 Å². The van der Waals surface area contributed by atoms with Crippen LogP contribution in [0.3, 0.4) is 0 Å². The van der Waals surface area contributed by atoms with Gasteiger partial charge in [-0.05, 0) is 25.5 Å². The van der Waals surface area contributed by atoms with Crippen LogP contribution in [0.5, 0.6) is 5.75 Å². The van der Waals surface area contributed by atoms with Gasteiger partial charge in [-0.3, -0.25) is 14.5 Å². The molecule has 0 bridgehead atoms. The lowest BCUT2D eigenvalue weighted by Gasteiger charge is -2.30. The SMILES string of the molecule is CCN(C(=O)CN(C(C)=O)c1ccccc1OC)C1CCS(=O)(=O)C1. The Hall–Kier alpha value is -2.09. The molecule has 138 valence electrons. The van der Waals surface area contributed by atoms with Crippen molar-refractivity contribution in [1.82, 2.24) is 4.90 Å². The highest BCUT2D eigenvalue weighted by atomic mass is 32.2. The number of benzene rings is 1. The molecule has 25 heavy (non-hydrogen) atoms. The smallest absolute Gasteiger partial charge is 0.242 e.